The molecule has 0 spiro atoms. The second-order valence-electron chi connectivity index (χ2n) is 4.66. The Balaban J connectivity index is 1.74. The molecule has 1 aliphatic rings. The van der Waals surface area contributed by atoms with Crippen molar-refractivity contribution in [3.05, 3.63) is 0 Å². The highest BCUT2D eigenvalue weighted by Crippen LogP contribution is 2.18. The predicted molar refractivity (Wildman–Crippen MR) is 72.6 cm³/mol. The number of nitrogens with two attached hydrogens (primary N) is 1. The number of carbonyl (C=O) groups excluding carboxylic acids is 1. The zero-order chi connectivity index (χ0) is 13.5. The van der Waals surface area contributed by atoms with Crippen LogP contribution in [0.5, 0.6) is 0 Å². The van der Waals surface area contributed by atoms with Crippen molar-refractivity contribution in [3.63, 3.8) is 0 Å². The molecule has 7 nitrogen and oxygen atoms in total. The fourth-order valence-corrected chi connectivity index (χ4v) is 2.92. The molecule has 0 atom stereocenters. The van der Waals surface area contributed by atoms with Gasteiger partial charge >= 0.3 is 0 Å². The molecule has 1 fully saturated rings. The molecule has 8 heteroatoms. The van der Waals surface area contributed by atoms with E-state index in [4.69, 9.17) is 5.73 Å². The molecule has 3 N–H and O–H groups in total. The van der Waals surface area contributed by atoms with Crippen molar-refractivity contribution in [2.45, 2.75) is 49.8 Å². The summed E-state index contributed by atoms with van der Waals surface area (Å²) in [5, 5.41) is 15.0. The van der Waals surface area contributed by atoms with Crippen LogP contribution in [0.4, 0.5) is 0 Å². The van der Waals surface area contributed by atoms with Crippen LogP contribution in [-0.4, -0.2) is 44.5 Å². The number of thioether (sulfide) groups is 1. The van der Waals surface area contributed by atoms with Gasteiger partial charge in [-0.05, 0) is 23.3 Å². The van der Waals surface area contributed by atoms with Crippen LogP contribution in [0.15, 0.2) is 5.16 Å². The van der Waals surface area contributed by atoms with Crippen molar-refractivity contribution in [1.29, 1.82) is 0 Å². The largest absolute Gasteiger partial charge is 0.353 e. The lowest BCUT2D eigenvalue weighted by Crippen LogP contribution is -2.37. The van der Waals surface area contributed by atoms with E-state index >= 15 is 0 Å². The minimum absolute atomic E-state index is 0.0548. The number of rotatable bonds is 6. The summed E-state index contributed by atoms with van der Waals surface area (Å²) in [7, 11) is 0. The van der Waals surface area contributed by atoms with E-state index in [1.165, 1.54) is 31.0 Å². The van der Waals surface area contributed by atoms with E-state index in [0.29, 0.717) is 30.0 Å². The van der Waals surface area contributed by atoms with Crippen LogP contribution in [0, 0.1) is 0 Å². The number of aromatic nitrogens is 4. The SMILES string of the molecule is NCCn1nnnc1SCC(=O)NC1CCCCC1. The molecular weight excluding hydrogens is 264 g/mol. The first-order valence-electron chi connectivity index (χ1n) is 6.68. The van der Waals surface area contributed by atoms with Crippen LogP contribution in [0.2, 0.25) is 0 Å². The summed E-state index contributed by atoms with van der Waals surface area (Å²) in [6.07, 6.45) is 5.91. The summed E-state index contributed by atoms with van der Waals surface area (Å²) in [6.45, 7) is 1.05. The van der Waals surface area contributed by atoms with Gasteiger partial charge in [0.1, 0.15) is 0 Å². The normalized spacial score (nSPS) is 16.5. The maximum atomic E-state index is 11.8. The minimum atomic E-state index is 0.0548. The molecule has 1 aromatic rings. The van der Waals surface area contributed by atoms with E-state index in [2.05, 4.69) is 20.8 Å². The second kappa shape index (κ2) is 7.44. The lowest BCUT2D eigenvalue weighted by molar-refractivity contribution is -0.119. The average molecular weight is 284 g/mol. The minimum Gasteiger partial charge on any atom is -0.353 e. The van der Waals surface area contributed by atoms with Gasteiger partial charge in [0.15, 0.2) is 0 Å². The topological polar surface area (TPSA) is 98.7 Å². The molecule has 0 saturated heterocycles. The van der Waals surface area contributed by atoms with Gasteiger partial charge in [0.05, 0.1) is 12.3 Å². The molecule has 1 aromatic heterocycles. The van der Waals surface area contributed by atoms with Crippen LogP contribution >= 0.6 is 11.8 Å². The van der Waals surface area contributed by atoms with Gasteiger partial charge in [-0.25, -0.2) is 4.68 Å². The monoisotopic (exact) mass is 284 g/mol. The number of nitrogens with one attached hydrogen (secondary N) is 1. The molecule has 1 saturated carbocycles. The first kappa shape index (κ1) is 14.3. The molecule has 1 amide bonds. The Morgan fingerprint density at radius 2 is 2.21 bits per heavy atom. The number of tetrazole rings is 1. The third-order valence-corrected chi connectivity index (χ3v) is 4.10. The van der Waals surface area contributed by atoms with Crippen molar-refractivity contribution in [2.24, 2.45) is 5.73 Å². The van der Waals surface area contributed by atoms with Gasteiger partial charge in [-0.15, -0.1) is 5.10 Å². The van der Waals surface area contributed by atoms with E-state index in [-0.39, 0.29) is 5.91 Å². The maximum Gasteiger partial charge on any atom is 0.230 e. The Hall–Kier alpha value is -1.15. The van der Waals surface area contributed by atoms with Crippen LogP contribution in [-0.2, 0) is 11.3 Å². The molecule has 2 rings (SSSR count). The number of hydrogen-bond donors (Lipinski definition) is 2. The summed E-state index contributed by atoms with van der Waals surface area (Å²) in [5.41, 5.74) is 5.46. The molecule has 0 aliphatic heterocycles. The van der Waals surface area contributed by atoms with E-state index in [1.54, 1.807) is 4.68 Å². The van der Waals surface area contributed by atoms with Gasteiger partial charge < -0.3 is 11.1 Å². The van der Waals surface area contributed by atoms with E-state index in [0.717, 1.165) is 12.8 Å². The molecule has 19 heavy (non-hydrogen) atoms. The molecule has 0 unspecified atom stereocenters. The van der Waals surface area contributed by atoms with Crippen LogP contribution in [0.25, 0.3) is 0 Å². The predicted octanol–water partition coefficient (Wildman–Crippen LogP) is 0.173. The van der Waals surface area contributed by atoms with Crippen molar-refractivity contribution in [1.82, 2.24) is 25.5 Å². The number of carbonyl (C=O) groups is 1. The van der Waals surface area contributed by atoms with E-state index < -0.39 is 0 Å². The molecule has 0 radical (unpaired) electrons. The lowest BCUT2D eigenvalue weighted by Gasteiger charge is -2.22. The van der Waals surface area contributed by atoms with Crippen molar-refractivity contribution < 1.29 is 4.79 Å². The Morgan fingerprint density at radius 3 is 2.95 bits per heavy atom. The lowest BCUT2D eigenvalue weighted by atomic mass is 9.95. The van der Waals surface area contributed by atoms with Gasteiger partial charge in [0.2, 0.25) is 11.1 Å². The fraction of sp³-hybridized carbons (Fsp3) is 0.818. The standard InChI is InChI=1S/C11H20N6OS/c12-6-7-17-11(14-15-16-17)19-8-10(18)13-9-4-2-1-3-5-9/h9H,1-8,12H2,(H,13,18). The van der Waals surface area contributed by atoms with E-state index in [1.807, 2.05) is 0 Å². The van der Waals surface area contributed by atoms with E-state index in [9.17, 15) is 4.79 Å². The second-order valence-corrected chi connectivity index (χ2v) is 5.61. The Kier molecular flexibility index (Phi) is 5.59. The number of hydrogen-bond acceptors (Lipinski definition) is 6. The fourth-order valence-electron chi connectivity index (χ4n) is 2.21. The molecule has 0 aromatic carbocycles. The van der Waals surface area contributed by atoms with Gasteiger partial charge in [0.25, 0.3) is 0 Å². The van der Waals surface area contributed by atoms with Crippen molar-refractivity contribution >= 4 is 17.7 Å². The average Bonchev–Trinajstić information content (AvgIpc) is 2.85. The molecular formula is C11H20N6OS. The summed E-state index contributed by atoms with van der Waals surface area (Å²) in [4.78, 5) is 11.8. The Labute approximate surface area is 116 Å². The first-order chi connectivity index (χ1) is 9.29. The Morgan fingerprint density at radius 1 is 1.42 bits per heavy atom. The first-order valence-corrected chi connectivity index (χ1v) is 7.66. The highest BCUT2D eigenvalue weighted by molar-refractivity contribution is 7.99. The van der Waals surface area contributed by atoms with Crippen molar-refractivity contribution in [3.8, 4) is 0 Å². The third kappa shape index (κ3) is 4.46. The zero-order valence-corrected chi connectivity index (χ0v) is 11.7. The molecule has 106 valence electrons. The van der Waals surface area contributed by atoms with Gasteiger partial charge in [-0.1, -0.05) is 31.0 Å². The van der Waals surface area contributed by atoms with Crippen LogP contribution in [0.3, 0.4) is 0 Å². The maximum absolute atomic E-state index is 11.8. The smallest absolute Gasteiger partial charge is 0.230 e. The van der Waals surface area contributed by atoms with Gasteiger partial charge in [-0.3, -0.25) is 4.79 Å². The summed E-state index contributed by atoms with van der Waals surface area (Å²) >= 11 is 1.35. The van der Waals surface area contributed by atoms with Gasteiger partial charge in [-0.2, -0.15) is 0 Å². The molecule has 1 aliphatic carbocycles. The summed E-state index contributed by atoms with van der Waals surface area (Å²) in [5.74, 6) is 0.403. The van der Waals surface area contributed by atoms with Crippen LogP contribution in [0.1, 0.15) is 32.1 Å². The zero-order valence-electron chi connectivity index (χ0n) is 10.9. The van der Waals surface area contributed by atoms with Crippen LogP contribution < -0.4 is 11.1 Å². The molecule has 0 bridgehead atoms. The quantitative estimate of drug-likeness (QED) is 0.723. The third-order valence-electron chi connectivity index (χ3n) is 3.14. The van der Waals surface area contributed by atoms with Crippen molar-refractivity contribution in [2.75, 3.05) is 12.3 Å². The van der Waals surface area contributed by atoms with Gasteiger partial charge in [0, 0.05) is 12.6 Å². The highest BCUT2D eigenvalue weighted by atomic mass is 32.2. The highest BCUT2D eigenvalue weighted by Gasteiger charge is 2.16. The summed E-state index contributed by atoms with van der Waals surface area (Å²) in [6, 6.07) is 0.349. The Bertz CT molecular complexity index is 404. The molecule has 1 heterocycles. The summed E-state index contributed by atoms with van der Waals surface area (Å²) < 4.78 is 1.62. The number of nitrogens with zero attached hydrogens (tertiary/aromatic N) is 4. The number of amides is 1.